The molecule has 5 nitrogen and oxygen atoms in total. The van der Waals surface area contributed by atoms with Gasteiger partial charge in [-0.25, -0.2) is 0 Å². The van der Waals surface area contributed by atoms with Crippen LogP contribution in [-0.2, 0) is 16.0 Å². The third-order valence-corrected chi connectivity index (χ3v) is 4.09. The van der Waals surface area contributed by atoms with Crippen molar-refractivity contribution in [2.75, 3.05) is 24.5 Å². The summed E-state index contributed by atoms with van der Waals surface area (Å²) in [5.74, 6) is -0.213. The second-order valence-corrected chi connectivity index (χ2v) is 5.72. The van der Waals surface area contributed by atoms with E-state index in [2.05, 4.69) is 4.98 Å². The van der Waals surface area contributed by atoms with Crippen molar-refractivity contribution in [3.63, 3.8) is 0 Å². The quantitative estimate of drug-likeness (QED) is 0.867. The molecular formula is C17H16ClN3O2. The van der Waals surface area contributed by atoms with Gasteiger partial charge in [0.1, 0.15) is 6.54 Å². The number of hydrogen-bond donors (Lipinski definition) is 0. The first-order valence-corrected chi connectivity index (χ1v) is 7.75. The van der Waals surface area contributed by atoms with E-state index in [0.717, 1.165) is 0 Å². The average Bonchev–Trinajstić information content (AvgIpc) is 2.56. The van der Waals surface area contributed by atoms with Crippen LogP contribution in [0.2, 0.25) is 5.02 Å². The number of anilines is 1. The lowest BCUT2D eigenvalue weighted by atomic mass is 10.2. The number of piperazine rings is 1. The molecule has 2 heterocycles. The Morgan fingerprint density at radius 2 is 1.91 bits per heavy atom. The average molecular weight is 330 g/mol. The van der Waals surface area contributed by atoms with Crippen LogP contribution in [-0.4, -0.2) is 41.3 Å². The summed E-state index contributed by atoms with van der Waals surface area (Å²) >= 11 is 6.15. The SMILES string of the molecule is O=C(Cc1ccccn1)N1CCN(c2ccccc2Cl)C(=O)C1. The molecule has 1 fully saturated rings. The lowest BCUT2D eigenvalue weighted by Crippen LogP contribution is -2.52. The predicted octanol–water partition coefficient (Wildman–Crippen LogP) is 2.15. The van der Waals surface area contributed by atoms with E-state index in [1.165, 1.54) is 0 Å². The summed E-state index contributed by atoms with van der Waals surface area (Å²) < 4.78 is 0. The first-order chi connectivity index (χ1) is 11.1. The summed E-state index contributed by atoms with van der Waals surface area (Å²) in [4.78, 5) is 32.0. The fraction of sp³-hybridized carbons (Fsp3) is 0.235. The molecule has 118 valence electrons. The van der Waals surface area contributed by atoms with Crippen LogP contribution in [0, 0.1) is 0 Å². The third kappa shape index (κ3) is 3.51. The number of amides is 2. The first kappa shape index (κ1) is 15.5. The highest BCUT2D eigenvalue weighted by Crippen LogP contribution is 2.26. The minimum Gasteiger partial charge on any atom is -0.331 e. The summed E-state index contributed by atoms with van der Waals surface area (Å²) in [6.07, 6.45) is 1.86. The number of rotatable bonds is 3. The minimum absolute atomic E-state index is 0.0664. The summed E-state index contributed by atoms with van der Waals surface area (Å²) in [5.41, 5.74) is 1.40. The molecule has 1 aliphatic heterocycles. The van der Waals surface area contributed by atoms with Crippen molar-refractivity contribution < 1.29 is 9.59 Å². The molecule has 23 heavy (non-hydrogen) atoms. The van der Waals surface area contributed by atoms with Crippen LogP contribution in [0.1, 0.15) is 5.69 Å². The molecular weight excluding hydrogens is 314 g/mol. The lowest BCUT2D eigenvalue weighted by molar-refractivity contribution is -0.136. The van der Waals surface area contributed by atoms with Crippen molar-refractivity contribution >= 4 is 29.1 Å². The van der Waals surface area contributed by atoms with E-state index < -0.39 is 0 Å². The maximum atomic E-state index is 12.4. The molecule has 0 unspecified atom stereocenters. The minimum atomic E-state index is -0.126. The molecule has 0 atom stereocenters. The van der Waals surface area contributed by atoms with Crippen molar-refractivity contribution in [1.29, 1.82) is 0 Å². The Labute approximate surface area is 139 Å². The van der Waals surface area contributed by atoms with Gasteiger partial charge >= 0.3 is 0 Å². The van der Waals surface area contributed by atoms with Crippen molar-refractivity contribution in [3.8, 4) is 0 Å². The largest absolute Gasteiger partial charge is 0.331 e. The number of aromatic nitrogens is 1. The smallest absolute Gasteiger partial charge is 0.246 e. The van der Waals surface area contributed by atoms with Gasteiger partial charge in [-0.15, -0.1) is 0 Å². The Morgan fingerprint density at radius 1 is 1.13 bits per heavy atom. The van der Waals surface area contributed by atoms with Crippen LogP contribution in [0.5, 0.6) is 0 Å². The molecule has 0 bridgehead atoms. The van der Waals surface area contributed by atoms with E-state index in [1.54, 1.807) is 34.2 Å². The maximum Gasteiger partial charge on any atom is 0.246 e. The van der Waals surface area contributed by atoms with Crippen molar-refractivity contribution in [2.24, 2.45) is 0 Å². The number of halogens is 1. The number of carbonyl (C=O) groups excluding carboxylic acids is 2. The second-order valence-electron chi connectivity index (χ2n) is 5.31. The summed E-state index contributed by atoms with van der Waals surface area (Å²) in [6, 6.07) is 12.7. The molecule has 0 spiro atoms. The van der Waals surface area contributed by atoms with Gasteiger partial charge in [-0.3, -0.25) is 14.6 Å². The van der Waals surface area contributed by atoms with Crippen molar-refractivity contribution in [2.45, 2.75) is 6.42 Å². The van der Waals surface area contributed by atoms with Gasteiger partial charge in [0.15, 0.2) is 0 Å². The van der Waals surface area contributed by atoms with Gasteiger partial charge in [0.05, 0.1) is 17.1 Å². The standard InChI is InChI=1S/C17H16ClN3O2/c18-14-6-1-2-7-15(14)21-10-9-20(12-17(21)23)16(22)11-13-5-3-4-8-19-13/h1-8H,9-12H2. The molecule has 0 radical (unpaired) electrons. The second kappa shape index (κ2) is 6.79. The molecule has 1 saturated heterocycles. The van der Waals surface area contributed by atoms with Gasteiger partial charge in [0.2, 0.25) is 11.8 Å². The predicted molar refractivity (Wildman–Crippen MR) is 88.3 cm³/mol. The number of nitrogens with zero attached hydrogens (tertiary/aromatic N) is 3. The zero-order valence-electron chi connectivity index (χ0n) is 12.5. The Balaban J connectivity index is 1.66. The highest BCUT2D eigenvalue weighted by Gasteiger charge is 2.28. The molecule has 2 amide bonds. The van der Waals surface area contributed by atoms with Crippen molar-refractivity contribution in [3.05, 3.63) is 59.4 Å². The lowest BCUT2D eigenvalue weighted by Gasteiger charge is -2.34. The van der Waals surface area contributed by atoms with Gasteiger partial charge in [0, 0.05) is 25.0 Å². The zero-order valence-corrected chi connectivity index (χ0v) is 13.2. The maximum absolute atomic E-state index is 12.4. The molecule has 1 aromatic carbocycles. The number of benzene rings is 1. The molecule has 0 aliphatic carbocycles. The number of carbonyl (C=O) groups is 2. The van der Waals surface area contributed by atoms with Crippen LogP contribution >= 0.6 is 11.6 Å². The topological polar surface area (TPSA) is 53.5 Å². The fourth-order valence-corrected chi connectivity index (χ4v) is 2.82. The van der Waals surface area contributed by atoms with E-state index in [4.69, 9.17) is 11.6 Å². The third-order valence-electron chi connectivity index (χ3n) is 3.78. The molecule has 1 aromatic heterocycles. The Kier molecular flexibility index (Phi) is 4.57. The molecule has 6 heteroatoms. The molecule has 2 aromatic rings. The summed E-state index contributed by atoms with van der Waals surface area (Å²) in [5, 5.41) is 0.536. The highest BCUT2D eigenvalue weighted by molar-refractivity contribution is 6.33. The molecule has 3 rings (SSSR count). The van der Waals surface area contributed by atoms with Gasteiger partial charge in [-0.05, 0) is 24.3 Å². The highest BCUT2D eigenvalue weighted by atomic mass is 35.5. The Morgan fingerprint density at radius 3 is 2.61 bits per heavy atom. The van der Waals surface area contributed by atoms with E-state index in [0.29, 0.717) is 29.5 Å². The molecule has 0 saturated carbocycles. The van der Waals surface area contributed by atoms with Crippen LogP contribution in [0.15, 0.2) is 48.7 Å². The summed E-state index contributed by atoms with van der Waals surface area (Å²) in [7, 11) is 0. The van der Waals surface area contributed by atoms with Crippen LogP contribution < -0.4 is 4.90 Å². The summed E-state index contributed by atoms with van der Waals surface area (Å²) in [6.45, 7) is 0.996. The normalized spacial score (nSPS) is 14.9. The van der Waals surface area contributed by atoms with Crippen molar-refractivity contribution in [1.82, 2.24) is 9.88 Å². The zero-order chi connectivity index (χ0) is 16.2. The first-order valence-electron chi connectivity index (χ1n) is 7.38. The number of para-hydroxylation sites is 1. The fourth-order valence-electron chi connectivity index (χ4n) is 2.58. The van der Waals surface area contributed by atoms with E-state index >= 15 is 0 Å². The molecule has 0 N–H and O–H groups in total. The van der Waals surface area contributed by atoms with Crippen LogP contribution in [0.25, 0.3) is 0 Å². The van der Waals surface area contributed by atoms with E-state index in [1.807, 2.05) is 24.3 Å². The molecule has 1 aliphatic rings. The number of hydrogen-bond acceptors (Lipinski definition) is 3. The van der Waals surface area contributed by atoms with Gasteiger partial charge in [0.25, 0.3) is 0 Å². The Hall–Kier alpha value is -2.40. The monoisotopic (exact) mass is 329 g/mol. The number of pyridine rings is 1. The van der Waals surface area contributed by atoms with E-state index in [-0.39, 0.29) is 24.8 Å². The van der Waals surface area contributed by atoms with E-state index in [9.17, 15) is 9.59 Å². The van der Waals surface area contributed by atoms with Gasteiger partial charge < -0.3 is 9.80 Å². The van der Waals surface area contributed by atoms with Crippen LogP contribution in [0.3, 0.4) is 0 Å². The Bertz CT molecular complexity index is 721. The van der Waals surface area contributed by atoms with Gasteiger partial charge in [-0.2, -0.15) is 0 Å². The van der Waals surface area contributed by atoms with Gasteiger partial charge in [-0.1, -0.05) is 29.8 Å². The van der Waals surface area contributed by atoms with Crippen LogP contribution in [0.4, 0.5) is 5.69 Å².